The quantitative estimate of drug-likeness (QED) is 0.947. The van der Waals surface area contributed by atoms with Gasteiger partial charge in [0.15, 0.2) is 0 Å². The molecule has 1 fully saturated rings. The van der Waals surface area contributed by atoms with E-state index in [0.29, 0.717) is 12.3 Å². The number of aromatic nitrogens is 3. The number of rotatable bonds is 3. The van der Waals surface area contributed by atoms with E-state index in [0.717, 1.165) is 24.9 Å². The molecule has 0 saturated heterocycles. The lowest BCUT2D eigenvalue weighted by Gasteiger charge is -2.49. The highest BCUT2D eigenvalue weighted by Gasteiger charge is 2.49. The first-order chi connectivity index (χ1) is 10.4. The van der Waals surface area contributed by atoms with Crippen molar-refractivity contribution in [2.24, 2.45) is 11.3 Å². The second-order valence-corrected chi connectivity index (χ2v) is 6.98. The molecule has 1 aliphatic rings. The van der Waals surface area contributed by atoms with Gasteiger partial charge in [-0.1, -0.05) is 26.0 Å². The van der Waals surface area contributed by atoms with E-state index >= 15 is 0 Å². The van der Waals surface area contributed by atoms with E-state index in [9.17, 15) is 9.50 Å². The van der Waals surface area contributed by atoms with Gasteiger partial charge in [-0.2, -0.15) is 5.10 Å². The Balaban J connectivity index is 1.86. The van der Waals surface area contributed by atoms with Crippen LogP contribution in [-0.2, 0) is 12.1 Å². The van der Waals surface area contributed by atoms with Gasteiger partial charge < -0.3 is 5.11 Å². The van der Waals surface area contributed by atoms with Crippen LogP contribution in [0.4, 0.5) is 4.39 Å². The molecule has 1 aliphatic carbocycles. The van der Waals surface area contributed by atoms with Crippen molar-refractivity contribution in [3.05, 3.63) is 48.3 Å². The van der Waals surface area contributed by atoms with Crippen LogP contribution in [0.3, 0.4) is 0 Å². The molecule has 0 spiro atoms. The van der Waals surface area contributed by atoms with E-state index < -0.39 is 5.60 Å². The molecule has 118 valence electrons. The maximum atomic E-state index is 13.2. The maximum Gasteiger partial charge on any atom is 0.137 e. The molecule has 1 aromatic heterocycles. The third-order valence-electron chi connectivity index (χ3n) is 5.11. The number of benzene rings is 1. The fourth-order valence-electron chi connectivity index (χ4n) is 3.55. The zero-order valence-electron chi connectivity index (χ0n) is 13.0. The molecule has 22 heavy (non-hydrogen) atoms. The largest absolute Gasteiger partial charge is 0.385 e. The highest BCUT2D eigenvalue weighted by atomic mass is 19.1. The molecule has 2 aromatic rings. The second-order valence-electron chi connectivity index (χ2n) is 6.98. The van der Waals surface area contributed by atoms with Crippen molar-refractivity contribution < 1.29 is 9.50 Å². The molecule has 0 aliphatic heterocycles. The smallest absolute Gasteiger partial charge is 0.137 e. The third-order valence-corrected chi connectivity index (χ3v) is 5.11. The lowest BCUT2D eigenvalue weighted by molar-refractivity contribution is -0.122. The SMILES string of the molecule is CC1(C)CC[C@@H](Cn2cncn2)CC1(O)c1ccc(F)cc1. The van der Waals surface area contributed by atoms with Crippen LogP contribution in [0.2, 0.25) is 0 Å². The van der Waals surface area contributed by atoms with Crippen molar-refractivity contribution >= 4 is 0 Å². The molecule has 1 unspecified atom stereocenters. The molecule has 0 amide bonds. The van der Waals surface area contributed by atoms with Gasteiger partial charge in [0.25, 0.3) is 0 Å². The van der Waals surface area contributed by atoms with Crippen molar-refractivity contribution in [1.82, 2.24) is 14.8 Å². The molecule has 0 bridgehead atoms. The van der Waals surface area contributed by atoms with E-state index in [4.69, 9.17) is 0 Å². The van der Waals surface area contributed by atoms with Gasteiger partial charge in [0.2, 0.25) is 0 Å². The van der Waals surface area contributed by atoms with Crippen LogP contribution in [0.25, 0.3) is 0 Å². The summed E-state index contributed by atoms with van der Waals surface area (Å²) in [6.45, 7) is 4.92. The Morgan fingerprint density at radius 1 is 1.32 bits per heavy atom. The Kier molecular flexibility index (Phi) is 3.77. The van der Waals surface area contributed by atoms with Crippen LogP contribution in [0.1, 0.15) is 38.7 Å². The summed E-state index contributed by atoms with van der Waals surface area (Å²) in [5.41, 5.74) is -0.407. The molecule has 1 N–H and O–H groups in total. The molecular weight excluding hydrogens is 281 g/mol. The van der Waals surface area contributed by atoms with Gasteiger partial charge in [-0.05, 0) is 48.3 Å². The highest BCUT2D eigenvalue weighted by Crippen LogP contribution is 2.52. The molecule has 1 saturated carbocycles. The predicted octanol–water partition coefficient (Wildman–Crippen LogP) is 3.13. The first-order valence-corrected chi connectivity index (χ1v) is 7.71. The van der Waals surface area contributed by atoms with Crippen LogP contribution in [-0.4, -0.2) is 19.9 Å². The summed E-state index contributed by atoms with van der Waals surface area (Å²) >= 11 is 0. The molecule has 5 heteroatoms. The van der Waals surface area contributed by atoms with E-state index in [1.165, 1.54) is 18.5 Å². The van der Waals surface area contributed by atoms with Crippen LogP contribution >= 0.6 is 0 Å². The van der Waals surface area contributed by atoms with Crippen molar-refractivity contribution in [2.75, 3.05) is 0 Å². The summed E-state index contributed by atoms with van der Waals surface area (Å²) in [6.07, 6.45) is 5.83. The Hall–Kier alpha value is -1.75. The molecule has 2 atom stereocenters. The van der Waals surface area contributed by atoms with E-state index in [1.807, 2.05) is 4.68 Å². The van der Waals surface area contributed by atoms with Gasteiger partial charge in [0.1, 0.15) is 18.5 Å². The van der Waals surface area contributed by atoms with Gasteiger partial charge in [-0.3, -0.25) is 4.68 Å². The number of hydrogen-bond acceptors (Lipinski definition) is 3. The summed E-state index contributed by atoms with van der Waals surface area (Å²) in [5, 5.41) is 15.5. The average Bonchev–Trinajstić information content (AvgIpc) is 2.97. The number of nitrogens with zero attached hydrogens (tertiary/aromatic N) is 3. The van der Waals surface area contributed by atoms with Crippen molar-refractivity contribution in [3.8, 4) is 0 Å². The monoisotopic (exact) mass is 303 g/mol. The standard InChI is InChI=1S/C17H22FN3O/c1-16(2)8-7-13(10-21-12-19-11-20-21)9-17(16,22)14-3-5-15(18)6-4-14/h3-6,11-13,22H,7-10H2,1-2H3/t13-,17?/m1/s1. The second kappa shape index (κ2) is 5.47. The Morgan fingerprint density at radius 2 is 2.05 bits per heavy atom. The van der Waals surface area contributed by atoms with Crippen molar-refractivity contribution in [3.63, 3.8) is 0 Å². The van der Waals surface area contributed by atoms with Crippen LogP contribution in [0.15, 0.2) is 36.9 Å². The number of aliphatic hydroxyl groups is 1. The van der Waals surface area contributed by atoms with Gasteiger partial charge in [0.05, 0.1) is 5.60 Å². The minimum absolute atomic E-state index is 0.246. The summed E-state index contributed by atoms with van der Waals surface area (Å²) in [5.74, 6) is 0.0462. The predicted molar refractivity (Wildman–Crippen MR) is 81.4 cm³/mol. The Morgan fingerprint density at radius 3 is 2.68 bits per heavy atom. The van der Waals surface area contributed by atoms with Crippen molar-refractivity contribution in [2.45, 2.75) is 45.3 Å². The third kappa shape index (κ3) is 2.65. The maximum absolute atomic E-state index is 13.2. The minimum Gasteiger partial charge on any atom is -0.385 e. The van der Waals surface area contributed by atoms with Gasteiger partial charge in [0, 0.05) is 6.54 Å². The zero-order valence-corrected chi connectivity index (χ0v) is 13.0. The molecule has 1 aromatic carbocycles. The molecule has 4 nitrogen and oxygen atoms in total. The van der Waals surface area contributed by atoms with E-state index in [2.05, 4.69) is 23.9 Å². The number of halogens is 1. The fourth-order valence-corrected chi connectivity index (χ4v) is 3.55. The normalized spacial score (nSPS) is 27.7. The zero-order chi connectivity index (χ0) is 15.8. The molecule has 3 rings (SSSR count). The molecule has 0 radical (unpaired) electrons. The van der Waals surface area contributed by atoms with Crippen LogP contribution in [0, 0.1) is 17.2 Å². The van der Waals surface area contributed by atoms with Gasteiger partial charge in [-0.15, -0.1) is 0 Å². The topological polar surface area (TPSA) is 50.9 Å². The Bertz CT molecular complexity index is 624. The lowest BCUT2D eigenvalue weighted by Crippen LogP contribution is -2.47. The summed E-state index contributed by atoms with van der Waals surface area (Å²) in [7, 11) is 0. The fraction of sp³-hybridized carbons (Fsp3) is 0.529. The Labute approximate surface area is 130 Å². The summed E-state index contributed by atoms with van der Waals surface area (Å²) in [6, 6.07) is 6.25. The first kappa shape index (κ1) is 15.2. The molecular formula is C17H22FN3O. The van der Waals surface area contributed by atoms with E-state index in [-0.39, 0.29) is 11.2 Å². The number of hydrogen-bond donors (Lipinski definition) is 1. The molecule has 1 heterocycles. The van der Waals surface area contributed by atoms with Crippen LogP contribution in [0.5, 0.6) is 0 Å². The van der Waals surface area contributed by atoms with Gasteiger partial charge in [-0.25, -0.2) is 9.37 Å². The van der Waals surface area contributed by atoms with Crippen molar-refractivity contribution in [1.29, 1.82) is 0 Å². The van der Waals surface area contributed by atoms with E-state index in [1.54, 1.807) is 18.5 Å². The summed E-state index contributed by atoms with van der Waals surface area (Å²) < 4.78 is 15.0. The highest BCUT2D eigenvalue weighted by molar-refractivity contribution is 5.26. The van der Waals surface area contributed by atoms with Gasteiger partial charge >= 0.3 is 0 Å². The summed E-state index contributed by atoms with van der Waals surface area (Å²) in [4.78, 5) is 3.97. The lowest BCUT2D eigenvalue weighted by atomic mass is 9.60. The first-order valence-electron chi connectivity index (χ1n) is 7.71. The average molecular weight is 303 g/mol. The minimum atomic E-state index is -0.954. The van der Waals surface area contributed by atoms with Crippen LogP contribution < -0.4 is 0 Å².